The number of carboxylic acids is 1. The van der Waals surface area contributed by atoms with Gasteiger partial charge >= 0.3 is 5.97 Å². The SMILES string of the molecule is C=C(CCl)C(C(=O)O)N1C(=O)C(NC(=O)c2ccc(C)cc2)C1Cl. The van der Waals surface area contributed by atoms with E-state index in [1.807, 2.05) is 6.92 Å². The van der Waals surface area contributed by atoms with Crippen LogP contribution in [0, 0.1) is 6.92 Å². The van der Waals surface area contributed by atoms with Gasteiger partial charge in [0.1, 0.15) is 11.5 Å². The number of alkyl halides is 2. The molecular weight excluding hydrogens is 355 g/mol. The molecule has 0 saturated carbocycles. The number of amides is 2. The van der Waals surface area contributed by atoms with Gasteiger partial charge < -0.3 is 15.3 Å². The molecule has 0 aromatic heterocycles. The third-order valence-corrected chi connectivity index (χ3v) is 4.54. The van der Waals surface area contributed by atoms with Crippen molar-refractivity contribution in [3.05, 3.63) is 47.5 Å². The summed E-state index contributed by atoms with van der Waals surface area (Å²) in [5.41, 5.74) is 0.534. The molecule has 1 fully saturated rings. The predicted octanol–water partition coefficient (Wildman–Crippen LogP) is 1.75. The first-order chi connectivity index (χ1) is 11.3. The van der Waals surface area contributed by atoms with Crippen LogP contribution in [0.2, 0.25) is 0 Å². The molecule has 24 heavy (non-hydrogen) atoms. The molecule has 2 N–H and O–H groups in total. The highest BCUT2D eigenvalue weighted by molar-refractivity contribution is 6.27. The third-order valence-electron chi connectivity index (χ3n) is 3.73. The fourth-order valence-corrected chi connectivity index (χ4v) is 2.90. The molecule has 128 valence electrons. The number of benzene rings is 1. The molecule has 3 atom stereocenters. The van der Waals surface area contributed by atoms with E-state index in [0.29, 0.717) is 5.56 Å². The molecule has 1 aromatic rings. The van der Waals surface area contributed by atoms with Gasteiger partial charge in [0.25, 0.3) is 11.8 Å². The summed E-state index contributed by atoms with van der Waals surface area (Å²) in [5, 5.41) is 11.8. The largest absolute Gasteiger partial charge is 0.479 e. The average Bonchev–Trinajstić information content (AvgIpc) is 2.56. The van der Waals surface area contributed by atoms with Crippen LogP contribution in [-0.2, 0) is 9.59 Å². The summed E-state index contributed by atoms with van der Waals surface area (Å²) in [6.07, 6.45) is 0. The van der Waals surface area contributed by atoms with E-state index in [-0.39, 0.29) is 11.5 Å². The molecule has 2 rings (SSSR count). The number of halogens is 2. The van der Waals surface area contributed by atoms with Gasteiger partial charge in [0.05, 0.1) is 0 Å². The van der Waals surface area contributed by atoms with Crippen LogP contribution in [0.4, 0.5) is 0 Å². The van der Waals surface area contributed by atoms with Gasteiger partial charge in [-0.3, -0.25) is 9.59 Å². The van der Waals surface area contributed by atoms with Crippen molar-refractivity contribution in [1.82, 2.24) is 10.2 Å². The first-order valence-corrected chi connectivity index (χ1v) is 8.05. The number of nitrogens with one attached hydrogen (secondary N) is 1. The first-order valence-electron chi connectivity index (χ1n) is 7.08. The van der Waals surface area contributed by atoms with Gasteiger partial charge in [-0.05, 0) is 24.6 Å². The van der Waals surface area contributed by atoms with Gasteiger partial charge in [0.15, 0.2) is 6.04 Å². The maximum absolute atomic E-state index is 12.2. The minimum Gasteiger partial charge on any atom is -0.479 e. The van der Waals surface area contributed by atoms with E-state index in [4.69, 9.17) is 23.2 Å². The van der Waals surface area contributed by atoms with Crippen LogP contribution in [0.3, 0.4) is 0 Å². The molecule has 0 bridgehead atoms. The third kappa shape index (κ3) is 3.39. The van der Waals surface area contributed by atoms with Crippen LogP contribution >= 0.6 is 23.2 Å². The van der Waals surface area contributed by atoms with Crippen molar-refractivity contribution in [2.45, 2.75) is 24.5 Å². The van der Waals surface area contributed by atoms with Crippen molar-refractivity contribution in [2.75, 3.05) is 5.88 Å². The van der Waals surface area contributed by atoms with Gasteiger partial charge in [0.2, 0.25) is 0 Å². The fraction of sp³-hybridized carbons (Fsp3) is 0.312. The van der Waals surface area contributed by atoms with Crippen LogP contribution in [0.5, 0.6) is 0 Å². The van der Waals surface area contributed by atoms with E-state index in [0.717, 1.165) is 10.5 Å². The zero-order valence-corrected chi connectivity index (χ0v) is 14.3. The monoisotopic (exact) mass is 370 g/mol. The first kappa shape index (κ1) is 18.3. The summed E-state index contributed by atoms with van der Waals surface area (Å²) >= 11 is 11.7. The Bertz CT molecular complexity index is 690. The lowest BCUT2D eigenvalue weighted by Gasteiger charge is -2.46. The smallest absolute Gasteiger partial charge is 0.330 e. The highest BCUT2D eigenvalue weighted by Gasteiger charge is 2.52. The zero-order valence-electron chi connectivity index (χ0n) is 12.8. The van der Waals surface area contributed by atoms with E-state index < -0.39 is 35.4 Å². The number of carboxylic acid groups (broad SMARTS) is 1. The maximum Gasteiger partial charge on any atom is 0.330 e. The van der Waals surface area contributed by atoms with Gasteiger partial charge in [-0.25, -0.2) is 4.79 Å². The Morgan fingerprint density at radius 1 is 1.38 bits per heavy atom. The quantitative estimate of drug-likeness (QED) is 0.345. The Balaban J connectivity index is 2.09. The molecule has 2 amide bonds. The molecule has 0 spiro atoms. The van der Waals surface area contributed by atoms with E-state index >= 15 is 0 Å². The number of nitrogens with zero attached hydrogens (tertiary/aromatic N) is 1. The van der Waals surface area contributed by atoms with Crippen molar-refractivity contribution in [1.29, 1.82) is 0 Å². The molecule has 3 unspecified atom stereocenters. The van der Waals surface area contributed by atoms with Crippen LogP contribution in [-0.4, -0.2) is 51.3 Å². The molecule has 0 aliphatic carbocycles. The predicted molar refractivity (Wildman–Crippen MR) is 90.2 cm³/mol. The standard InChI is InChI=1S/C16H16Cl2N2O4/c1-8-3-5-10(6-4-8)14(21)19-11-13(18)20(15(11)22)12(16(23)24)9(2)7-17/h3-6,11-13H,2,7H2,1H3,(H,19,21)(H,23,24). The molecular formula is C16H16Cl2N2O4. The molecule has 1 aliphatic heterocycles. The Morgan fingerprint density at radius 3 is 2.42 bits per heavy atom. The van der Waals surface area contributed by atoms with Crippen molar-refractivity contribution in [2.24, 2.45) is 0 Å². The van der Waals surface area contributed by atoms with E-state index in [1.165, 1.54) is 0 Å². The molecule has 0 radical (unpaired) electrons. The number of rotatable bonds is 6. The average molecular weight is 371 g/mol. The van der Waals surface area contributed by atoms with Crippen molar-refractivity contribution >= 4 is 41.0 Å². The minimum absolute atomic E-state index is 0.120. The van der Waals surface area contributed by atoms with Crippen molar-refractivity contribution < 1.29 is 19.5 Å². The second kappa shape index (κ2) is 7.23. The normalized spacial score (nSPS) is 21.0. The van der Waals surface area contributed by atoms with Crippen molar-refractivity contribution in [3.63, 3.8) is 0 Å². The Morgan fingerprint density at radius 2 is 1.96 bits per heavy atom. The Kier molecular flexibility index (Phi) is 5.51. The highest BCUT2D eigenvalue weighted by Crippen LogP contribution is 2.29. The fourth-order valence-electron chi connectivity index (χ4n) is 2.37. The lowest BCUT2D eigenvalue weighted by molar-refractivity contribution is -0.158. The van der Waals surface area contributed by atoms with Crippen LogP contribution in [0.15, 0.2) is 36.4 Å². The van der Waals surface area contributed by atoms with E-state index in [9.17, 15) is 19.5 Å². The molecule has 1 heterocycles. The Labute approximate surface area is 149 Å². The summed E-state index contributed by atoms with van der Waals surface area (Å²) in [5.74, 6) is -2.44. The maximum atomic E-state index is 12.2. The van der Waals surface area contributed by atoms with Gasteiger partial charge in [-0.15, -0.1) is 11.6 Å². The minimum atomic E-state index is -1.31. The number of hydrogen-bond donors (Lipinski definition) is 2. The number of β-lactam (4-membered cyclic amide) rings is 1. The van der Waals surface area contributed by atoms with Gasteiger partial charge in [-0.1, -0.05) is 35.9 Å². The number of hydrogen-bond acceptors (Lipinski definition) is 3. The molecule has 1 saturated heterocycles. The summed E-state index contributed by atoms with van der Waals surface area (Å²) in [6.45, 7) is 5.44. The number of aliphatic carboxylic acids is 1. The summed E-state index contributed by atoms with van der Waals surface area (Å²) < 4.78 is 0. The van der Waals surface area contributed by atoms with Crippen LogP contribution < -0.4 is 5.32 Å². The number of carbonyl (C=O) groups is 3. The second-order valence-corrected chi connectivity index (χ2v) is 6.18. The molecule has 1 aliphatic rings. The summed E-state index contributed by atoms with van der Waals surface area (Å²) in [7, 11) is 0. The lowest BCUT2D eigenvalue weighted by Crippen LogP contribution is -2.72. The molecule has 1 aromatic carbocycles. The number of carbonyl (C=O) groups excluding carboxylic acids is 2. The number of likely N-dealkylation sites (tertiary alicyclic amines) is 1. The topological polar surface area (TPSA) is 86.7 Å². The summed E-state index contributed by atoms with van der Waals surface area (Å²) in [6, 6.07) is 4.49. The number of aryl methyl sites for hydroxylation is 1. The highest BCUT2D eigenvalue weighted by atomic mass is 35.5. The molecule has 8 heteroatoms. The molecule has 6 nitrogen and oxygen atoms in total. The lowest BCUT2D eigenvalue weighted by atomic mass is 9.99. The van der Waals surface area contributed by atoms with E-state index in [2.05, 4.69) is 11.9 Å². The van der Waals surface area contributed by atoms with E-state index in [1.54, 1.807) is 24.3 Å². The second-order valence-electron chi connectivity index (χ2n) is 5.47. The van der Waals surface area contributed by atoms with Gasteiger partial charge in [0, 0.05) is 11.4 Å². The summed E-state index contributed by atoms with van der Waals surface area (Å²) in [4.78, 5) is 36.7. The van der Waals surface area contributed by atoms with Gasteiger partial charge in [-0.2, -0.15) is 0 Å². The van der Waals surface area contributed by atoms with Crippen LogP contribution in [0.1, 0.15) is 15.9 Å². The van der Waals surface area contributed by atoms with Crippen molar-refractivity contribution in [3.8, 4) is 0 Å². The zero-order chi connectivity index (χ0) is 18.0. The van der Waals surface area contributed by atoms with Crippen LogP contribution in [0.25, 0.3) is 0 Å². The Hall–Kier alpha value is -2.05.